The van der Waals surface area contributed by atoms with E-state index in [1.54, 1.807) is 24.3 Å². The number of aromatic nitrogens is 2. The van der Waals surface area contributed by atoms with Crippen molar-refractivity contribution in [3.8, 4) is 11.5 Å². The molecular formula is C16H12N4O3. The van der Waals surface area contributed by atoms with Crippen molar-refractivity contribution in [2.45, 2.75) is 0 Å². The van der Waals surface area contributed by atoms with Gasteiger partial charge in [-0.25, -0.2) is 4.79 Å². The summed E-state index contributed by atoms with van der Waals surface area (Å²) in [4.78, 5) is 12.1. The first-order valence-corrected chi connectivity index (χ1v) is 6.74. The average Bonchev–Trinajstić information content (AvgIpc) is 3.02. The summed E-state index contributed by atoms with van der Waals surface area (Å²) in [5.41, 5.74) is 0.994. The molecule has 3 rings (SSSR count). The molecule has 0 unspecified atom stereocenters. The molecular weight excluding hydrogens is 296 g/mol. The first-order chi connectivity index (χ1) is 11.2. The Bertz CT molecular complexity index is 843. The SMILES string of the molecule is O=C(Oc1cccc(O)c1)c1[nH]ncc1N=Nc1ccccc1. The highest BCUT2D eigenvalue weighted by molar-refractivity contribution is 5.93. The van der Waals surface area contributed by atoms with Gasteiger partial charge in [0.05, 0.1) is 11.9 Å². The minimum Gasteiger partial charge on any atom is -0.508 e. The Balaban J connectivity index is 1.78. The zero-order chi connectivity index (χ0) is 16.1. The second-order valence-electron chi connectivity index (χ2n) is 4.55. The smallest absolute Gasteiger partial charge is 0.364 e. The number of hydrogen-bond donors (Lipinski definition) is 2. The van der Waals surface area contributed by atoms with Crippen molar-refractivity contribution in [3.63, 3.8) is 0 Å². The van der Waals surface area contributed by atoms with Crippen molar-refractivity contribution >= 4 is 17.3 Å². The molecule has 0 amide bonds. The number of ether oxygens (including phenoxy) is 1. The number of aromatic hydroxyl groups is 1. The van der Waals surface area contributed by atoms with Gasteiger partial charge in [-0.05, 0) is 24.3 Å². The van der Waals surface area contributed by atoms with Crippen LogP contribution in [0.1, 0.15) is 10.5 Å². The number of benzene rings is 2. The Hall–Kier alpha value is -3.48. The minimum absolute atomic E-state index is 0.00361. The lowest BCUT2D eigenvalue weighted by Gasteiger charge is -2.03. The number of esters is 1. The van der Waals surface area contributed by atoms with Crippen LogP contribution in [-0.2, 0) is 0 Å². The van der Waals surface area contributed by atoms with Gasteiger partial charge in [0.15, 0.2) is 5.69 Å². The summed E-state index contributed by atoms with van der Waals surface area (Å²) in [7, 11) is 0. The van der Waals surface area contributed by atoms with Gasteiger partial charge in [-0.1, -0.05) is 24.3 Å². The van der Waals surface area contributed by atoms with Gasteiger partial charge in [-0.3, -0.25) is 5.10 Å². The van der Waals surface area contributed by atoms with Crippen LogP contribution < -0.4 is 4.74 Å². The summed E-state index contributed by atoms with van der Waals surface area (Å²) in [6.45, 7) is 0. The third-order valence-corrected chi connectivity index (χ3v) is 2.88. The molecule has 0 saturated heterocycles. The lowest BCUT2D eigenvalue weighted by atomic mass is 10.3. The van der Waals surface area contributed by atoms with Crippen LogP contribution in [0.4, 0.5) is 11.4 Å². The molecule has 0 aliphatic rings. The van der Waals surface area contributed by atoms with E-state index < -0.39 is 5.97 Å². The number of aromatic amines is 1. The van der Waals surface area contributed by atoms with Gasteiger partial charge < -0.3 is 9.84 Å². The Morgan fingerprint density at radius 3 is 2.70 bits per heavy atom. The second kappa shape index (κ2) is 6.52. The van der Waals surface area contributed by atoms with E-state index in [1.165, 1.54) is 18.3 Å². The van der Waals surface area contributed by atoms with E-state index in [0.717, 1.165) is 0 Å². The fraction of sp³-hybridized carbons (Fsp3) is 0. The van der Waals surface area contributed by atoms with Gasteiger partial charge in [0, 0.05) is 6.07 Å². The summed E-state index contributed by atoms with van der Waals surface area (Å²) in [5, 5.41) is 23.7. The molecule has 0 atom stereocenters. The van der Waals surface area contributed by atoms with Gasteiger partial charge in [0.2, 0.25) is 0 Å². The van der Waals surface area contributed by atoms with Crippen LogP contribution in [0.2, 0.25) is 0 Å². The number of nitrogens with one attached hydrogen (secondary N) is 1. The molecule has 0 radical (unpaired) electrons. The number of azo groups is 1. The van der Waals surface area contributed by atoms with Crippen LogP contribution in [0, 0.1) is 0 Å². The number of phenols is 1. The molecule has 7 heteroatoms. The largest absolute Gasteiger partial charge is 0.508 e. The van der Waals surface area contributed by atoms with E-state index in [9.17, 15) is 9.90 Å². The Kier molecular flexibility index (Phi) is 4.10. The van der Waals surface area contributed by atoms with Gasteiger partial charge in [-0.15, -0.1) is 5.11 Å². The van der Waals surface area contributed by atoms with Crippen molar-refractivity contribution < 1.29 is 14.6 Å². The molecule has 1 heterocycles. The summed E-state index contributed by atoms with van der Waals surface area (Å²) in [5.74, 6) is -0.449. The molecule has 7 nitrogen and oxygen atoms in total. The summed E-state index contributed by atoms with van der Waals surface area (Å²) in [6.07, 6.45) is 1.38. The first kappa shape index (κ1) is 14.5. The molecule has 23 heavy (non-hydrogen) atoms. The van der Waals surface area contributed by atoms with Crippen molar-refractivity contribution in [1.82, 2.24) is 10.2 Å². The monoisotopic (exact) mass is 308 g/mol. The number of phenolic OH excluding ortho intramolecular Hbond substituents is 1. The maximum absolute atomic E-state index is 12.1. The van der Waals surface area contributed by atoms with Crippen molar-refractivity contribution in [1.29, 1.82) is 0 Å². The minimum atomic E-state index is -0.671. The van der Waals surface area contributed by atoms with E-state index in [-0.39, 0.29) is 22.9 Å². The quantitative estimate of drug-likeness (QED) is 0.435. The van der Waals surface area contributed by atoms with Crippen LogP contribution in [0.5, 0.6) is 11.5 Å². The third-order valence-electron chi connectivity index (χ3n) is 2.88. The van der Waals surface area contributed by atoms with Crippen LogP contribution in [0.25, 0.3) is 0 Å². The Labute approximate surface area is 131 Å². The standard InChI is InChI=1S/C16H12N4O3/c21-12-7-4-8-13(9-12)23-16(22)15-14(10-17-20-15)19-18-11-5-2-1-3-6-11/h1-10,21H,(H,17,20). The normalized spacial score (nSPS) is 10.8. The predicted octanol–water partition coefficient (Wildman–Crippen LogP) is 3.75. The van der Waals surface area contributed by atoms with Gasteiger partial charge in [0.25, 0.3) is 0 Å². The molecule has 2 N–H and O–H groups in total. The fourth-order valence-electron chi connectivity index (χ4n) is 1.82. The zero-order valence-corrected chi connectivity index (χ0v) is 11.9. The molecule has 114 valence electrons. The zero-order valence-electron chi connectivity index (χ0n) is 11.9. The average molecular weight is 308 g/mol. The number of hydrogen-bond acceptors (Lipinski definition) is 6. The number of carbonyl (C=O) groups excluding carboxylic acids is 1. The van der Waals surface area contributed by atoms with E-state index in [0.29, 0.717) is 5.69 Å². The molecule has 0 fully saturated rings. The molecule has 2 aromatic carbocycles. The maximum atomic E-state index is 12.1. The Morgan fingerprint density at radius 1 is 1.09 bits per heavy atom. The van der Waals surface area contributed by atoms with E-state index in [4.69, 9.17) is 4.74 Å². The van der Waals surface area contributed by atoms with Crippen LogP contribution >= 0.6 is 0 Å². The summed E-state index contributed by atoms with van der Waals surface area (Å²) < 4.78 is 5.16. The molecule has 0 aliphatic carbocycles. The topological polar surface area (TPSA) is 99.9 Å². The van der Waals surface area contributed by atoms with E-state index in [1.807, 2.05) is 18.2 Å². The van der Waals surface area contributed by atoms with E-state index >= 15 is 0 Å². The highest BCUT2D eigenvalue weighted by Gasteiger charge is 2.16. The van der Waals surface area contributed by atoms with Crippen molar-refractivity contribution in [2.75, 3.05) is 0 Å². The van der Waals surface area contributed by atoms with Crippen molar-refractivity contribution in [2.24, 2.45) is 10.2 Å². The lowest BCUT2D eigenvalue weighted by Crippen LogP contribution is -2.09. The molecule has 1 aromatic heterocycles. The molecule has 0 aliphatic heterocycles. The number of nitrogens with zero attached hydrogens (tertiary/aromatic N) is 3. The van der Waals surface area contributed by atoms with Gasteiger partial charge in [-0.2, -0.15) is 10.2 Å². The second-order valence-corrected chi connectivity index (χ2v) is 4.55. The van der Waals surface area contributed by atoms with Crippen LogP contribution in [0.3, 0.4) is 0 Å². The molecule has 3 aromatic rings. The number of rotatable bonds is 4. The predicted molar refractivity (Wildman–Crippen MR) is 82.3 cm³/mol. The lowest BCUT2D eigenvalue weighted by molar-refractivity contribution is 0.0729. The van der Waals surface area contributed by atoms with Crippen LogP contribution in [0.15, 0.2) is 71.0 Å². The number of H-pyrrole nitrogens is 1. The van der Waals surface area contributed by atoms with E-state index in [2.05, 4.69) is 20.4 Å². The first-order valence-electron chi connectivity index (χ1n) is 6.74. The third kappa shape index (κ3) is 3.59. The van der Waals surface area contributed by atoms with Gasteiger partial charge in [0.1, 0.15) is 17.2 Å². The van der Waals surface area contributed by atoms with Gasteiger partial charge >= 0.3 is 5.97 Å². The Morgan fingerprint density at radius 2 is 1.91 bits per heavy atom. The molecule has 0 spiro atoms. The van der Waals surface area contributed by atoms with Crippen LogP contribution in [-0.4, -0.2) is 21.3 Å². The molecule has 0 saturated carbocycles. The highest BCUT2D eigenvalue weighted by atomic mass is 16.5. The van der Waals surface area contributed by atoms with Crippen molar-refractivity contribution in [3.05, 3.63) is 66.5 Å². The number of carbonyl (C=O) groups is 1. The summed E-state index contributed by atoms with van der Waals surface area (Å²) in [6, 6.07) is 15.0. The maximum Gasteiger partial charge on any atom is 0.364 e. The fourth-order valence-corrected chi connectivity index (χ4v) is 1.82. The summed E-state index contributed by atoms with van der Waals surface area (Å²) >= 11 is 0. The molecule has 0 bridgehead atoms. The highest BCUT2D eigenvalue weighted by Crippen LogP contribution is 2.23.